The average Bonchev–Trinajstić information content (AvgIpc) is 2.89. The zero-order valence-electron chi connectivity index (χ0n) is 15.2. The average molecular weight is 394 g/mol. The van der Waals surface area contributed by atoms with E-state index >= 15 is 0 Å². The number of alkyl halides is 3. The summed E-state index contributed by atoms with van der Waals surface area (Å²) in [6.07, 6.45) is -4.44. The molecule has 0 unspecified atom stereocenters. The summed E-state index contributed by atoms with van der Waals surface area (Å²) in [6.45, 7) is 4.19. The van der Waals surface area contributed by atoms with Crippen LogP contribution in [0.5, 0.6) is 0 Å². The lowest BCUT2D eigenvalue weighted by Gasteiger charge is -2.14. The molecule has 1 heterocycles. The number of hydrogen-bond donors (Lipinski definition) is 1. The van der Waals surface area contributed by atoms with Crippen molar-refractivity contribution in [1.29, 1.82) is 0 Å². The van der Waals surface area contributed by atoms with Gasteiger partial charge in [-0.15, -0.1) is 0 Å². The van der Waals surface area contributed by atoms with Gasteiger partial charge >= 0.3 is 6.18 Å². The quantitative estimate of drug-likeness (QED) is 0.595. The molecule has 0 saturated carbocycles. The topological polar surface area (TPSA) is 29.9 Å². The van der Waals surface area contributed by atoms with Crippen LogP contribution in [-0.4, -0.2) is 16.8 Å². The first kappa shape index (κ1) is 19.3. The number of halogens is 4. The van der Waals surface area contributed by atoms with Crippen LogP contribution in [0, 0.1) is 13.8 Å². The van der Waals surface area contributed by atoms with Crippen LogP contribution >= 0.6 is 11.6 Å². The predicted octanol–water partition coefficient (Wildman–Crippen LogP) is 5.93. The number of nitrogens with zero attached hydrogens (tertiary/aromatic N) is 2. The second kappa shape index (κ2) is 7.27. The minimum atomic E-state index is -4.44. The Kier molecular flexibility index (Phi) is 5.20. The molecule has 0 saturated heterocycles. The van der Waals surface area contributed by atoms with Crippen molar-refractivity contribution in [3.8, 4) is 11.1 Å². The molecule has 0 fully saturated rings. The first-order valence-electron chi connectivity index (χ1n) is 8.38. The molecule has 0 aliphatic heterocycles. The van der Waals surface area contributed by atoms with Crippen LogP contribution in [0.2, 0.25) is 5.02 Å². The molecule has 0 aliphatic rings. The first-order valence-corrected chi connectivity index (χ1v) is 8.76. The van der Waals surface area contributed by atoms with Gasteiger partial charge in [0.05, 0.1) is 17.8 Å². The Bertz CT molecular complexity index is 960. The summed E-state index contributed by atoms with van der Waals surface area (Å²) < 4.78 is 42.0. The molecule has 3 nitrogen and oxygen atoms in total. The molecule has 2 aromatic carbocycles. The summed E-state index contributed by atoms with van der Waals surface area (Å²) in [5, 5.41) is 7.78. The lowest BCUT2D eigenvalue weighted by atomic mass is 10.00. The van der Waals surface area contributed by atoms with Gasteiger partial charge in [0.1, 0.15) is 0 Å². The Morgan fingerprint density at radius 3 is 2.33 bits per heavy atom. The lowest BCUT2D eigenvalue weighted by Crippen LogP contribution is -2.09. The molecule has 7 heteroatoms. The number of rotatable bonds is 4. The third kappa shape index (κ3) is 3.95. The third-order valence-corrected chi connectivity index (χ3v) is 4.76. The first-order chi connectivity index (χ1) is 12.7. The second-order valence-electron chi connectivity index (χ2n) is 6.34. The molecule has 0 amide bonds. The molecule has 27 heavy (non-hydrogen) atoms. The monoisotopic (exact) mass is 393 g/mol. The van der Waals surface area contributed by atoms with E-state index in [-0.39, 0.29) is 5.69 Å². The summed E-state index contributed by atoms with van der Waals surface area (Å²) >= 11 is 5.91. The van der Waals surface area contributed by atoms with Crippen LogP contribution in [0.3, 0.4) is 0 Å². The smallest absolute Gasteiger partial charge is 0.388 e. The van der Waals surface area contributed by atoms with Gasteiger partial charge < -0.3 is 5.32 Å². The van der Waals surface area contributed by atoms with Crippen LogP contribution in [0.1, 0.15) is 22.5 Å². The van der Waals surface area contributed by atoms with E-state index in [4.69, 9.17) is 11.6 Å². The summed E-state index contributed by atoms with van der Waals surface area (Å²) in [7, 11) is 1.48. The maximum absolute atomic E-state index is 13.4. The zero-order chi connectivity index (χ0) is 19.8. The highest BCUT2D eigenvalue weighted by molar-refractivity contribution is 6.30. The van der Waals surface area contributed by atoms with Crippen molar-refractivity contribution < 1.29 is 13.2 Å². The molecule has 1 N–H and O–H groups in total. The predicted molar refractivity (Wildman–Crippen MR) is 102 cm³/mol. The molecule has 1 aromatic heterocycles. The van der Waals surface area contributed by atoms with Crippen LogP contribution < -0.4 is 5.32 Å². The second-order valence-corrected chi connectivity index (χ2v) is 6.77. The van der Waals surface area contributed by atoms with Crippen molar-refractivity contribution in [2.75, 3.05) is 12.4 Å². The van der Waals surface area contributed by atoms with Crippen LogP contribution in [0.25, 0.3) is 11.1 Å². The van der Waals surface area contributed by atoms with E-state index in [1.165, 1.54) is 19.2 Å². The highest BCUT2D eigenvalue weighted by Crippen LogP contribution is 2.38. The van der Waals surface area contributed by atoms with E-state index in [1.807, 2.05) is 19.1 Å². The molecule has 0 bridgehead atoms. The Morgan fingerprint density at radius 1 is 1.07 bits per heavy atom. The number of nitrogens with one attached hydrogen (secondary N) is 1. The highest BCUT2D eigenvalue weighted by atomic mass is 35.5. The van der Waals surface area contributed by atoms with Gasteiger partial charge in [-0.05, 0) is 49.2 Å². The molecule has 0 atom stereocenters. The molecular weight excluding hydrogens is 375 g/mol. The minimum absolute atomic E-state index is 0.0510. The molecule has 142 valence electrons. The molecule has 0 spiro atoms. The van der Waals surface area contributed by atoms with Crippen molar-refractivity contribution in [3.63, 3.8) is 0 Å². The van der Waals surface area contributed by atoms with Crippen LogP contribution in [0.15, 0.2) is 42.5 Å². The van der Waals surface area contributed by atoms with Crippen LogP contribution in [0.4, 0.5) is 18.9 Å². The van der Waals surface area contributed by atoms with Gasteiger partial charge in [0.2, 0.25) is 0 Å². The molecule has 3 rings (SSSR count). The number of hydrogen-bond acceptors (Lipinski definition) is 2. The fraction of sp³-hybridized carbons (Fsp3) is 0.250. The maximum Gasteiger partial charge on any atom is 0.418 e. The molecule has 0 aliphatic carbocycles. The standard InChI is InChI=1S/C20H19ClF3N3/c1-12-19(15-6-9-18(25-3)17(10-15)20(22,23)24)13(2)27(26-12)11-14-4-7-16(21)8-5-14/h4-10,25H,11H2,1-3H3. The number of aromatic nitrogens is 2. The molecule has 0 radical (unpaired) electrons. The van der Waals surface area contributed by atoms with Gasteiger partial charge in [0.25, 0.3) is 0 Å². The number of benzene rings is 2. The van der Waals surface area contributed by atoms with Crippen molar-refractivity contribution >= 4 is 17.3 Å². The van der Waals surface area contributed by atoms with Gasteiger partial charge in [-0.2, -0.15) is 18.3 Å². The van der Waals surface area contributed by atoms with Crippen LogP contribution in [-0.2, 0) is 12.7 Å². The van der Waals surface area contributed by atoms with Crippen molar-refractivity contribution in [2.24, 2.45) is 0 Å². The Morgan fingerprint density at radius 2 is 1.74 bits per heavy atom. The van der Waals surface area contributed by atoms with Crippen molar-refractivity contribution in [3.05, 3.63) is 70.0 Å². The Hall–Kier alpha value is -2.47. The van der Waals surface area contributed by atoms with Gasteiger partial charge in [-0.3, -0.25) is 4.68 Å². The lowest BCUT2D eigenvalue weighted by molar-refractivity contribution is -0.136. The maximum atomic E-state index is 13.4. The highest BCUT2D eigenvalue weighted by Gasteiger charge is 2.34. The van der Waals surface area contributed by atoms with E-state index in [0.717, 1.165) is 16.8 Å². The van der Waals surface area contributed by atoms with Gasteiger partial charge in [-0.1, -0.05) is 29.8 Å². The number of aryl methyl sites for hydroxylation is 1. The van der Waals surface area contributed by atoms with E-state index in [1.54, 1.807) is 29.8 Å². The Balaban J connectivity index is 2.03. The van der Waals surface area contributed by atoms with E-state index in [0.29, 0.717) is 22.8 Å². The summed E-state index contributed by atoms with van der Waals surface area (Å²) in [5.41, 5.74) is 3.09. The van der Waals surface area contributed by atoms with Crippen molar-refractivity contribution in [2.45, 2.75) is 26.6 Å². The summed E-state index contributed by atoms with van der Waals surface area (Å²) in [4.78, 5) is 0. The normalized spacial score (nSPS) is 11.7. The molecular formula is C20H19ClF3N3. The van der Waals surface area contributed by atoms with E-state index in [2.05, 4.69) is 10.4 Å². The SMILES string of the molecule is CNc1ccc(-c2c(C)nn(Cc3ccc(Cl)cc3)c2C)cc1C(F)(F)F. The summed E-state index contributed by atoms with van der Waals surface area (Å²) in [6, 6.07) is 11.7. The Labute approximate surface area is 160 Å². The fourth-order valence-corrected chi connectivity index (χ4v) is 3.31. The minimum Gasteiger partial charge on any atom is -0.388 e. The third-order valence-electron chi connectivity index (χ3n) is 4.51. The number of anilines is 1. The molecule has 3 aromatic rings. The van der Waals surface area contributed by atoms with E-state index in [9.17, 15) is 13.2 Å². The summed E-state index contributed by atoms with van der Waals surface area (Å²) in [5.74, 6) is 0. The van der Waals surface area contributed by atoms with Crippen molar-refractivity contribution in [1.82, 2.24) is 9.78 Å². The van der Waals surface area contributed by atoms with Gasteiger partial charge in [0.15, 0.2) is 0 Å². The zero-order valence-corrected chi connectivity index (χ0v) is 15.9. The largest absolute Gasteiger partial charge is 0.418 e. The van der Waals surface area contributed by atoms with Gasteiger partial charge in [0, 0.05) is 29.0 Å². The van der Waals surface area contributed by atoms with Gasteiger partial charge in [-0.25, -0.2) is 0 Å². The van der Waals surface area contributed by atoms with E-state index < -0.39 is 11.7 Å². The fourth-order valence-electron chi connectivity index (χ4n) is 3.18.